The molecule has 0 bridgehead atoms. The summed E-state index contributed by atoms with van der Waals surface area (Å²) in [6.45, 7) is 10.3. The molecule has 1 aromatic rings. The number of quaternary nitrogens is 1. The molecule has 0 heterocycles. The highest BCUT2D eigenvalue weighted by Gasteiger charge is 2.21. The number of rotatable bonds is 9. The van der Waals surface area contributed by atoms with E-state index in [-0.39, 0.29) is 24.9 Å². The van der Waals surface area contributed by atoms with E-state index in [0.29, 0.717) is 27.6 Å². The summed E-state index contributed by atoms with van der Waals surface area (Å²) in [7, 11) is 1.83. The topological polar surface area (TPSA) is 53.9 Å². The van der Waals surface area contributed by atoms with Crippen LogP contribution in [0, 0.1) is 11.8 Å². The molecule has 2 amide bonds. The highest BCUT2D eigenvalue weighted by molar-refractivity contribution is 6.39. The third kappa shape index (κ3) is 7.94. The van der Waals surface area contributed by atoms with Crippen molar-refractivity contribution < 1.29 is 14.5 Å². The molecule has 0 aliphatic rings. The van der Waals surface area contributed by atoms with Crippen LogP contribution in [0.1, 0.15) is 27.7 Å². The van der Waals surface area contributed by atoms with Crippen molar-refractivity contribution in [3.05, 3.63) is 28.2 Å². The number of para-hydroxylation sites is 1. The number of likely N-dealkylation sites (N-methyl/N-ethyl adjacent to an activating group) is 1. The summed E-state index contributed by atoms with van der Waals surface area (Å²) in [5.41, 5.74) is 0.404. The van der Waals surface area contributed by atoms with Crippen LogP contribution in [-0.2, 0) is 9.59 Å². The molecule has 1 aromatic carbocycles. The van der Waals surface area contributed by atoms with Gasteiger partial charge < -0.3 is 15.1 Å². The van der Waals surface area contributed by atoms with Crippen molar-refractivity contribution in [2.45, 2.75) is 27.7 Å². The fourth-order valence-electron chi connectivity index (χ4n) is 2.67. The summed E-state index contributed by atoms with van der Waals surface area (Å²) >= 11 is 12.1. The van der Waals surface area contributed by atoms with E-state index in [1.165, 1.54) is 0 Å². The summed E-state index contributed by atoms with van der Waals surface area (Å²) in [5, 5.41) is 3.50. The number of amides is 2. The Morgan fingerprint density at radius 3 is 2.00 bits per heavy atom. The van der Waals surface area contributed by atoms with Gasteiger partial charge in [0.2, 0.25) is 0 Å². The smallest absolute Gasteiger partial charge is 0.279 e. The molecule has 26 heavy (non-hydrogen) atoms. The van der Waals surface area contributed by atoms with Gasteiger partial charge in [-0.2, -0.15) is 0 Å². The van der Waals surface area contributed by atoms with Crippen molar-refractivity contribution in [3.63, 3.8) is 0 Å². The van der Waals surface area contributed by atoms with Gasteiger partial charge in [0.05, 0.1) is 22.8 Å². The first-order valence-electron chi connectivity index (χ1n) is 8.93. The Balaban J connectivity index is 2.61. The normalized spacial score (nSPS) is 12.3. The van der Waals surface area contributed by atoms with E-state index in [2.05, 4.69) is 33.0 Å². The van der Waals surface area contributed by atoms with Crippen LogP contribution in [-0.4, -0.2) is 49.9 Å². The van der Waals surface area contributed by atoms with E-state index in [1.54, 1.807) is 18.2 Å². The number of hydrogen-bond donors (Lipinski definition) is 2. The molecule has 0 fully saturated rings. The number of nitrogens with one attached hydrogen (secondary N) is 2. The lowest BCUT2D eigenvalue weighted by Gasteiger charge is -2.27. The summed E-state index contributed by atoms with van der Waals surface area (Å²) < 4.78 is 0. The third-order valence-electron chi connectivity index (χ3n) is 3.67. The van der Waals surface area contributed by atoms with E-state index >= 15 is 0 Å². The van der Waals surface area contributed by atoms with Crippen LogP contribution in [0.25, 0.3) is 0 Å². The lowest BCUT2D eigenvalue weighted by atomic mass is 10.1. The number of hydrogen-bond acceptors (Lipinski definition) is 2. The van der Waals surface area contributed by atoms with Gasteiger partial charge in [-0.25, -0.2) is 0 Å². The number of halogens is 2. The Morgan fingerprint density at radius 2 is 1.54 bits per heavy atom. The van der Waals surface area contributed by atoms with Crippen molar-refractivity contribution in [3.8, 4) is 0 Å². The minimum Gasteiger partial charge on any atom is -0.337 e. The Labute approximate surface area is 166 Å². The second-order valence-electron chi connectivity index (χ2n) is 7.54. The predicted octanol–water partition coefficient (Wildman–Crippen LogP) is 2.59. The van der Waals surface area contributed by atoms with Crippen molar-refractivity contribution in [1.82, 2.24) is 4.90 Å². The molecule has 5 nitrogen and oxygen atoms in total. The second-order valence-corrected chi connectivity index (χ2v) is 8.36. The molecule has 2 N–H and O–H groups in total. The molecule has 1 rings (SSSR count). The fraction of sp³-hybridized carbons (Fsp3) is 0.579. The molecular weight excluding hydrogens is 373 g/mol. The van der Waals surface area contributed by atoms with E-state index < -0.39 is 0 Å². The molecule has 0 saturated carbocycles. The van der Waals surface area contributed by atoms with E-state index in [1.807, 2.05) is 11.9 Å². The Kier molecular flexibility index (Phi) is 9.41. The lowest BCUT2D eigenvalue weighted by Crippen LogP contribution is -3.11. The number of carbonyl (C=O) groups is 2. The molecule has 1 unspecified atom stereocenters. The van der Waals surface area contributed by atoms with E-state index in [0.717, 1.165) is 18.0 Å². The maximum absolute atomic E-state index is 12.6. The van der Waals surface area contributed by atoms with Gasteiger partial charge in [0.15, 0.2) is 13.1 Å². The average molecular weight is 403 g/mol. The van der Waals surface area contributed by atoms with Gasteiger partial charge in [0.1, 0.15) is 0 Å². The predicted molar refractivity (Wildman–Crippen MR) is 108 cm³/mol. The van der Waals surface area contributed by atoms with Crippen LogP contribution in [0.5, 0.6) is 0 Å². The average Bonchev–Trinajstić information content (AvgIpc) is 2.49. The largest absolute Gasteiger partial charge is 0.337 e. The number of carbonyl (C=O) groups excluding carboxylic acids is 2. The summed E-state index contributed by atoms with van der Waals surface area (Å²) in [5.74, 6) is 0.644. The van der Waals surface area contributed by atoms with E-state index in [9.17, 15) is 9.59 Å². The summed E-state index contributed by atoms with van der Waals surface area (Å²) in [4.78, 5) is 27.6. The van der Waals surface area contributed by atoms with Gasteiger partial charge in [-0.05, 0) is 24.0 Å². The molecule has 7 heteroatoms. The van der Waals surface area contributed by atoms with Crippen LogP contribution >= 0.6 is 23.2 Å². The van der Waals surface area contributed by atoms with Gasteiger partial charge in [-0.15, -0.1) is 0 Å². The molecule has 0 aromatic heterocycles. The maximum atomic E-state index is 12.6. The highest BCUT2D eigenvalue weighted by Crippen LogP contribution is 2.29. The van der Waals surface area contributed by atoms with Crippen LogP contribution in [0.15, 0.2) is 18.2 Å². The second kappa shape index (κ2) is 10.8. The molecule has 0 saturated heterocycles. The Bertz CT molecular complexity index is 591. The molecule has 0 aliphatic carbocycles. The standard InChI is InChI=1S/C19H29Cl2N3O2/c1-13(2)9-24(10-14(3)4)18(26)12-23(5)11-17(25)22-19-15(20)7-6-8-16(19)21/h6-8,13-14H,9-12H2,1-5H3,(H,22,25)/p+1. The zero-order valence-electron chi connectivity index (χ0n) is 16.2. The van der Waals surface area contributed by atoms with Gasteiger partial charge in [-0.1, -0.05) is 57.0 Å². The summed E-state index contributed by atoms with van der Waals surface area (Å²) in [6, 6.07) is 5.05. The Morgan fingerprint density at radius 1 is 1.04 bits per heavy atom. The number of nitrogens with zero attached hydrogens (tertiary/aromatic N) is 1. The van der Waals surface area contributed by atoms with Crippen molar-refractivity contribution in [2.75, 3.05) is 38.5 Å². The molecular formula is C19H30Cl2N3O2+. The van der Waals surface area contributed by atoms with Crippen molar-refractivity contribution in [2.24, 2.45) is 11.8 Å². The van der Waals surface area contributed by atoms with Crippen LogP contribution in [0.2, 0.25) is 10.0 Å². The first-order valence-corrected chi connectivity index (χ1v) is 9.68. The number of anilines is 1. The first-order chi connectivity index (χ1) is 12.1. The highest BCUT2D eigenvalue weighted by atomic mass is 35.5. The monoisotopic (exact) mass is 402 g/mol. The zero-order valence-corrected chi connectivity index (χ0v) is 17.7. The van der Waals surface area contributed by atoms with Gasteiger partial charge in [0.25, 0.3) is 11.8 Å². The quantitative estimate of drug-likeness (QED) is 0.666. The molecule has 0 spiro atoms. The molecule has 146 valence electrons. The Hall–Kier alpha value is -1.30. The maximum Gasteiger partial charge on any atom is 0.279 e. The fourth-order valence-corrected chi connectivity index (χ4v) is 3.16. The van der Waals surface area contributed by atoms with Crippen LogP contribution in [0.3, 0.4) is 0 Å². The minimum absolute atomic E-state index is 0.0634. The van der Waals surface area contributed by atoms with E-state index in [4.69, 9.17) is 23.2 Å². The number of benzene rings is 1. The molecule has 0 radical (unpaired) electrons. The van der Waals surface area contributed by atoms with Gasteiger partial charge in [0, 0.05) is 13.1 Å². The molecule has 1 atom stereocenters. The lowest BCUT2D eigenvalue weighted by molar-refractivity contribution is -0.862. The van der Waals surface area contributed by atoms with Crippen LogP contribution in [0.4, 0.5) is 5.69 Å². The van der Waals surface area contributed by atoms with Crippen molar-refractivity contribution >= 4 is 40.7 Å². The first kappa shape index (κ1) is 22.7. The minimum atomic E-state index is -0.232. The van der Waals surface area contributed by atoms with Crippen molar-refractivity contribution in [1.29, 1.82) is 0 Å². The SMILES string of the molecule is CC(C)CN(CC(C)C)C(=O)C[NH+](C)CC(=O)Nc1c(Cl)cccc1Cl. The van der Waals surface area contributed by atoms with Gasteiger partial charge >= 0.3 is 0 Å². The van der Waals surface area contributed by atoms with Gasteiger partial charge in [-0.3, -0.25) is 9.59 Å². The van der Waals surface area contributed by atoms with Crippen LogP contribution < -0.4 is 10.2 Å². The summed E-state index contributed by atoms with van der Waals surface area (Å²) in [6.07, 6.45) is 0. The molecule has 0 aliphatic heterocycles. The third-order valence-corrected chi connectivity index (χ3v) is 4.30. The zero-order chi connectivity index (χ0) is 19.9.